The van der Waals surface area contributed by atoms with Gasteiger partial charge in [0.05, 0.1) is 0 Å². The van der Waals surface area contributed by atoms with Gasteiger partial charge in [0.2, 0.25) is 15.9 Å². The van der Waals surface area contributed by atoms with E-state index in [0.29, 0.717) is 6.07 Å². The molecule has 0 unspecified atom stereocenters. The van der Waals surface area contributed by atoms with Gasteiger partial charge >= 0.3 is 0 Å². The predicted octanol–water partition coefficient (Wildman–Crippen LogP) is 3.07. The van der Waals surface area contributed by atoms with Gasteiger partial charge < -0.3 is 4.90 Å². The number of carbonyl (C=O) groups excluding carboxylic acids is 1. The van der Waals surface area contributed by atoms with Crippen LogP contribution in [0.15, 0.2) is 53.4 Å². The zero-order chi connectivity index (χ0) is 21.0. The molecule has 0 spiro atoms. The lowest BCUT2D eigenvalue weighted by molar-refractivity contribution is -0.127. The number of rotatable bonds is 5. The third-order valence-corrected chi connectivity index (χ3v) is 6.80. The Morgan fingerprint density at radius 2 is 1.69 bits per heavy atom. The van der Waals surface area contributed by atoms with E-state index in [1.807, 2.05) is 24.3 Å². The van der Waals surface area contributed by atoms with Gasteiger partial charge in [-0.15, -0.1) is 0 Å². The zero-order valence-corrected chi connectivity index (χ0v) is 16.8. The van der Waals surface area contributed by atoms with Crippen molar-refractivity contribution >= 4 is 22.0 Å². The number of amides is 1. The highest BCUT2D eigenvalue weighted by Crippen LogP contribution is 2.21. The standard InChI is InChI=1S/C21H22F2N2O3S/c1-2-16-3-5-17(6-4-16)7-10-21(26)24-11-13-25(14-12-24)29(27,28)20-9-8-18(22)15-19(20)23/h3-10,15H,2,11-14H2,1H3/b10-7+. The van der Waals surface area contributed by atoms with Crippen LogP contribution >= 0.6 is 0 Å². The van der Waals surface area contributed by atoms with Crippen LogP contribution in [0.25, 0.3) is 6.08 Å². The molecule has 29 heavy (non-hydrogen) atoms. The van der Waals surface area contributed by atoms with Crippen molar-refractivity contribution in [3.05, 3.63) is 71.3 Å². The molecule has 8 heteroatoms. The summed E-state index contributed by atoms with van der Waals surface area (Å²) in [7, 11) is -4.08. The van der Waals surface area contributed by atoms with Crippen molar-refractivity contribution in [2.24, 2.45) is 0 Å². The van der Waals surface area contributed by atoms with Gasteiger partial charge in [0, 0.05) is 38.3 Å². The molecular formula is C21H22F2N2O3S. The quantitative estimate of drug-likeness (QED) is 0.699. The number of sulfonamides is 1. The van der Waals surface area contributed by atoms with Crippen LogP contribution in [-0.2, 0) is 21.2 Å². The van der Waals surface area contributed by atoms with E-state index in [9.17, 15) is 22.0 Å². The number of benzene rings is 2. The fourth-order valence-electron chi connectivity index (χ4n) is 3.11. The van der Waals surface area contributed by atoms with E-state index in [2.05, 4.69) is 6.92 Å². The fourth-order valence-corrected chi connectivity index (χ4v) is 4.58. The van der Waals surface area contributed by atoms with Crippen molar-refractivity contribution in [1.82, 2.24) is 9.21 Å². The number of hydrogen-bond acceptors (Lipinski definition) is 3. The largest absolute Gasteiger partial charge is 0.337 e. The first kappa shape index (κ1) is 21.1. The molecule has 0 aromatic heterocycles. The molecule has 0 atom stereocenters. The molecule has 0 bridgehead atoms. The normalized spacial score (nSPS) is 15.8. The Morgan fingerprint density at radius 3 is 2.28 bits per heavy atom. The third-order valence-electron chi connectivity index (χ3n) is 4.87. The molecule has 1 amide bonds. The number of aryl methyl sites for hydroxylation is 1. The fraction of sp³-hybridized carbons (Fsp3) is 0.286. The molecule has 0 N–H and O–H groups in total. The maximum absolute atomic E-state index is 13.9. The molecule has 0 aliphatic carbocycles. The Bertz CT molecular complexity index is 1010. The summed E-state index contributed by atoms with van der Waals surface area (Å²) in [6.45, 7) is 2.55. The SMILES string of the molecule is CCc1ccc(/C=C/C(=O)N2CCN(S(=O)(=O)c3ccc(F)cc3F)CC2)cc1. The van der Waals surface area contributed by atoms with Crippen molar-refractivity contribution in [3.8, 4) is 0 Å². The van der Waals surface area contributed by atoms with Gasteiger partial charge in [-0.1, -0.05) is 31.2 Å². The third kappa shape index (κ3) is 4.89. The van der Waals surface area contributed by atoms with Gasteiger partial charge in [-0.3, -0.25) is 4.79 Å². The summed E-state index contributed by atoms with van der Waals surface area (Å²) in [6, 6.07) is 10.3. The smallest absolute Gasteiger partial charge is 0.246 e. The Hall–Kier alpha value is -2.58. The molecule has 5 nitrogen and oxygen atoms in total. The molecule has 1 fully saturated rings. The molecule has 2 aromatic carbocycles. The molecule has 2 aromatic rings. The van der Waals surface area contributed by atoms with Crippen molar-refractivity contribution in [1.29, 1.82) is 0 Å². The highest BCUT2D eigenvalue weighted by Gasteiger charge is 2.31. The van der Waals surface area contributed by atoms with Crippen LogP contribution in [0, 0.1) is 11.6 Å². The molecule has 1 heterocycles. The van der Waals surface area contributed by atoms with E-state index in [-0.39, 0.29) is 32.1 Å². The minimum atomic E-state index is -4.08. The van der Waals surface area contributed by atoms with Crippen molar-refractivity contribution in [2.75, 3.05) is 26.2 Å². The molecule has 3 rings (SSSR count). The topological polar surface area (TPSA) is 57.7 Å². The number of halogens is 2. The second kappa shape index (κ2) is 8.84. The first-order valence-corrected chi connectivity index (χ1v) is 10.8. The van der Waals surface area contributed by atoms with Crippen LogP contribution in [-0.4, -0.2) is 49.7 Å². The van der Waals surface area contributed by atoms with Crippen molar-refractivity contribution < 1.29 is 22.0 Å². The van der Waals surface area contributed by atoms with Gasteiger partial charge in [0.1, 0.15) is 16.5 Å². The van der Waals surface area contributed by atoms with E-state index in [0.717, 1.165) is 28.4 Å². The number of piperazine rings is 1. The van der Waals surface area contributed by atoms with E-state index >= 15 is 0 Å². The Labute approximate surface area is 169 Å². The second-order valence-electron chi connectivity index (χ2n) is 6.73. The lowest BCUT2D eigenvalue weighted by atomic mass is 10.1. The van der Waals surface area contributed by atoms with Gasteiger partial charge in [0.15, 0.2) is 0 Å². The van der Waals surface area contributed by atoms with Crippen LogP contribution < -0.4 is 0 Å². The first-order valence-electron chi connectivity index (χ1n) is 9.32. The monoisotopic (exact) mass is 420 g/mol. The van der Waals surface area contributed by atoms with Gasteiger partial charge in [-0.25, -0.2) is 17.2 Å². The van der Waals surface area contributed by atoms with Crippen LogP contribution in [0.3, 0.4) is 0 Å². The molecule has 0 radical (unpaired) electrons. The molecule has 1 aliphatic rings. The van der Waals surface area contributed by atoms with Crippen LogP contribution in [0.5, 0.6) is 0 Å². The average molecular weight is 420 g/mol. The number of hydrogen-bond donors (Lipinski definition) is 0. The van der Waals surface area contributed by atoms with Crippen molar-refractivity contribution in [3.63, 3.8) is 0 Å². The summed E-state index contributed by atoms with van der Waals surface area (Å²) in [6.07, 6.45) is 4.13. The average Bonchev–Trinajstić information content (AvgIpc) is 2.72. The highest BCUT2D eigenvalue weighted by molar-refractivity contribution is 7.89. The van der Waals surface area contributed by atoms with Gasteiger partial charge in [-0.05, 0) is 35.8 Å². The van der Waals surface area contributed by atoms with Gasteiger partial charge in [0.25, 0.3) is 0 Å². The molecule has 154 valence electrons. The van der Waals surface area contributed by atoms with Crippen LogP contribution in [0.4, 0.5) is 8.78 Å². The maximum atomic E-state index is 13.9. The highest BCUT2D eigenvalue weighted by atomic mass is 32.2. The maximum Gasteiger partial charge on any atom is 0.246 e. The Balaban J connectivity index is 1.61. The summed E-state index contributed by atoms with van der Waals surface area (Å²) in [5.41, 5.74) is 2.12. The lowest BCUT2D eigenvalue weighted by Gasteiger charge is -2.33. The summed E-state index contributed by atoms with van der Waals surface area (Å²) in [5.74, 6) is -2.18. The summed E-state index contributed by atoms with van der Waals surface area (Å²) < 4.78 is 53.3. The molecule has 1 saturated heterocycles. The molecule has 1 aliphatic heterocycles. The van der Waals surface area contributed by atoms with E-state index in [1.54, 1.807) is 11.0 Å². The summed E-state index contributed by atoms with van der Waals surface area (Å²) >= 11 is 0. The van der Waals surface area contributed by atoms with E-state index in [4.69, 9.17) is 0 Å². The zero-order valence-electron chi connectivity index (χ0n) is 16.0. The predicted molar refractivity (Wildman–Crippen MR) is 107 cm³/mol. The number of nitrogens with zero attached hydrogens (tertiary/aromatic N) is 2. The minimum Gasteiger partial charge on any atom is -0.337 e. The minimum absolute atomic E-state index is 0.0456. The second-order valence-corrected chi connectivity index (χ2v) is 8.64. The molecule has 0 saturated carbocycles. The first-order chi connectivity index (χ1) is 13.8. The van der Waals surface area contributed by atoms with Crippen LogP contribution in [0.1, 0.15) is 18.1 Å². The Kier molecular flexibility index (Phi) is 6.44. The van der Waals surface area contributed by atoms with Crippen molar-refractivity contribution in [2.45, 2.75) is 18.2 Å². The lowest BCUT2D eigenvalue weighted by Crippen LogP contribution is -2.50. The van der Waals surface area contributed by atoms with Crippen LogP contribution in [0.2, 0.25) is 0 Å². The Morgan fingerprint density at radius 1 is 1.03 bits per heavy atom. The summed E-state index contributed by atoms with van der Waals surface area (Å²) in [5, 5.41) is 0. The van der Waals surface area contributed by atoms with E-state index < -0.39 is 26.6 Å². The summed E-state index contributed by atoms with van der Waals surface area (Å²) in [4.78, 5) is 13.4. The number of carbonyl (C=O) groups is 1. The molecular weight excluding hydrogens is 398 g/mol. The van der Waals surface area contributed by atoms with E-state index in [1.165, 1.54) is 11.6 Å². The van der Waals surface area contributed by atoms with Gasteiger partial charge in [-0.2, -0.15) is 4.31 Å².